The van der Waals surface area contributed by atoms with E-state index in [4.69, 9.17) is 28.9 Å². The van der Waals surface area contributed by atoms with E-state index in [1.165, 1.54) is 50.7 Å². The second-order valence-corrected chi connectivity index (χ2v) is 31.6. The number of hydrogen-bond acceptors (Lipinski definition) is 12. The number of Topliss-reactive ketones (excluding diaryl/α,β-unsaturated/α-hetero) is 2. The zero-order valence-corrected chi connectivity index (χ0v) is 54.0. The van der Waals surface area contributed by atoms with E-state index in [9.17, 15) is 51.9 Å². The highest BCUT2D eigenvalue weighted by atomic mass is 35.5. The number of imide groups is 1. The molecule has 4 N–H and O–H groups in total. The summed E-state index contributed by atoms with van der Waals surface area (Å²) >= 11 is 11.8. The van der Waals surface area contributed by atoms with Crippen LogP contribution in [0.1, 0.15) is 109 Å². The summed E-state index contributed by atoms with van der Waals surface area (Å²) in [7, 11) is -1.91. The Balaban J connectivity index is 0.000000171. The number of benzene rings is 5. The Bertz CT molecular complexity index is 4500. The minimum atomic E-state index is -1.91. The summed E-state index contributed by atoms with van der Waals surface area (Å²) in [5.74, 6) is -2.95. The van der Waals surface area contributed by atoms with Crippen LogP contribution in [0.5, 0.6) is 0 Å². The lowest BCUT2D eigenvalue weighted by Gasteiger charge is -2.41. The van der Waals surface area contributed by atoms with E-state index in [-0.39, 0.29) is 100 Å². The van der Waals surface area contributed by atoms with Crippen LogP contribution in [0.25, 0.3) is 21.8 Å². The molecular weight excluding hydrogens is 1270 g/mol. The normalized spacial score (nSPS) is 19.0. The van der Waals surface area contributed by atoms with Crippen molar-refractivity contribution in [1.82, 2.24) is 49.6 Å². The summed E-state index contributed by atoms with van der Waals surface area (Å²) < 4.78 is 31.9. The van der Waals surface area contributed by atoms with Gasteiger partial charge < -0.3 is 25.8 Å². The number of nitrogens with two attached hydrogens (primary N) is 1. The molecule has 8 amide bonds. The number of nitrogens with zero attached hydrogens (tertiary/aromatic N) is 9. The molecule has 7 heterocycles. The molecule has 3 saturated heterocycles. The third-order valence-electron chi connectivity index (χ3n) is 19.0. The first-order valence-corrected chi connectivity index (χ1v) is 35.1. The number of amides is 8. The van der Waals surface area contributed by atoms with Gasteiger partial charge in [-0.25, -0.2) is 38.4 Å². The van der Waals surface area contributed by atoms with Gasteiger partial charge in [0.15, 0.2) is 11.6 Å². The number of anilines is 1. The van der Waals surface area contributed by atoms with Crippen LogP contribution in [-0.4, -0.2) is 138 Å². The maximum atomic E-state index is 14.4. The van der Waals surface area contributed by atoms with Gasteiger partial charge in [-0.2, -0.15) is 0 Å². The number of aromatic nitrogens is 4. The van der Waals surface area contributed by atoms with Gasteiger partial charge in [-0.3, -0.25) is 47.9 Å². The van der Waals surface area contributed by atoms with Gasteiger partial charge in [-0.1, -0.05) is 90.9 Å². The van der Waals surface area contributed by atoms with E-state index in [0.29, 0.717) is 83.4 Å². The average Bonchev–Trinajstić information content (AvgIpc) is 1.55. The van der Waals surface area contributed by atoms with Crippen molar-refractivity contribution in [2.75, 3.05) is 30.7 Å². The van der Waals surface area contributed by atoms with Crippen molar-refractivity contribution in [2.24, 2.45) is 5.73 Å². The third-order valence-corrected chi connectivity index (χ3v) is 22.3. The molecule has 5 aromatic carbocycles. The summed E-state index contributed by atoms with van der Waals surface area (Å²) in [6.45, 7) is 6.80. The van der Waals surface area contributed by atoms with E-state index in [1.54, 1.807) is 88.7 Å². The molecule has 2 atom stereocenters. The molecule has 0 bridgehead atoms. The molecule has 482 valence electrons. The minimum absolute atomic E-state index is 0.0171. The Kier molecular flexibility index (Phi) is 16.5. The van der Waals surface area contributed by atoms with Gasteiger partial charge in [-0.05, 0) is 105 Å². The minimum Gasteiger partial charge on any atom is -0.351 e. The number of nitrogens with one attached hydrogen (secondary N) is 2. The summed E-state index contributed by atoms with van der Waals surface area (Å²) in [5.41, 5.74) is 9.55. The molecule has 6 aliphatic rings. The quantitative estimate of drug-likeness (QED) is 0.0464. The number of fused-ring (bicyclic) bond motifs is 4. The van der Waals surface area contributed by atoms with Crippen LogP contribution >= 0.6 is 23.2 Å². The first-order chi connectivity index (χ1) is 45.0. The molecule has 21 nitrogen and oxygen atoms in total. The van der Waals surface area contributed by atoms with Crippen molar-refractivity contribution >= 4 is 112 Å². The Morgan fingerprint density at radius 1 is 0.702 bits per heavy atom. The lowest BCUT2D eigenvalue weighted by atomic mass is 9.89. The van der Waals surface area contributed by atoms with E-state index in [1.807, 2.05) is 29.3 Å². The lowest BCUT2D eigenvalue weighted by Crippen LogP contribution is -2.61. The number of primary amides is 1. The van der Waals surface area contributed by atoms with Gasteiger partial charge >= 0.3 is 12.1 Å². The molecule has 0 unspecified atom stereocenters. The Labute approximate surface area is 548 Å². The topological polar surface area (TPSA) is 256 Å². The lowest BCUT2D eigenvalue weighted by molar-refractivity contribution is -0.138. The largest absolute Gasteiger partial charge is 0.351 e. The van der Waals surface area contributed by atoms with Crippen LogP contribution in [0.15, 0.2) is 128 Å². The van der Waals surface area contributed by atoms with Gasteiger partial charge in [0.05, 0.1) is 46.0 Å². The Morgan fingerprint density at radius 3 is 1.94 bits per heavy atom. The molecule has 14 rings (SSSR count). The fourth-order valence-electron chi connectivity index (χ4n) is 13.9. The zero-order chi connectivity index (χ0) is 66.3. The molecule has 94 heavy (non-hydrogen) atoms. The molecule has 2 aliphatic carbocycles. The fourth-order valence-corrected chi connectivity index (χ4v) is 17.2. The van der Waals surface area contributed by atoms with Gasteiger partial charge in [0.1, 0.15) is 30.3 Å². The van der Waals surface area contributed by atoms with Gasteiger partial charge in [0, 0.05) is 108 Å². The maximum absolute atomic E-state index is 14.4. The second kappa shape index (κ2) is 24.4. The highest BCUT2D eigenvalue weighted by molar-refractivity contribution is 6.79. The summed E-state index contributed by atoms with van der Waals surface area (Å²) in [4.78, 5) is 132. The molecule has 5 fully saturated rings. The summed E-state index contributed by atoms with van der Waals surface area (Å²) in [5, 5.41) is 9.98. The maximum Gasteiger partial charge on any atom is 0.339 e. The second-order valence-electron chi connectivity index (χ2n) is 25.7. The van der Waals surface area contributed by atoms with Crippen molar-refractivity contribution < 1.29 is 51.9 Å². The number of carbonyl (C=O) groups excluding carboxylic acids is 9. The summed E-state index contributed by atoms with van der Waals surface area (Å²) in [6, 6.07) is 26.6. The number of carbonyl (C=O) groups is 9. The van der Waals surface area contributed by atoms with Crippen LogP contribution in [0.2, 0.25) is 29.2 Å². The molecule has 0 spiro atoms. The number of hydrogen-bond donors (Lipinski definition) is 3. The Hall–Kier alpha value is -9.49. The van der Waals surface area contributed by atoms with Crippen LogP contribution in [0, 0.1) is 11.6 Å². The SMILES string of the molecule is CC(=O)c1cn(CC(=O)N2C[Si](C)(C)C[C@H]2C(=O)NCc2cccc(Cl)c2F)c2ccc(C3(CC(=O)c4ncccn4)CC3)cc12.NC(=O)n1cc(N2CCN3CC[C@@H](C(=O)NCc4cccc(Cl)c4F)N3C2=O)c2ccc(C3(N4C(=O)c5ccccc5C4=O)CC3)cc21. The van der Waals surface area contributed by atoms with Gasteiger partial charge in [0.2, 0.25) is 23.5 Å². The van der Waals surface area contributed by atoms with Crippen LogP contribution in [0.4, 0.5) is 24.1 Å². The molecule has 4 aliphatic heterocycles. The monoisotopic (exact) mass is 1330 g/mol. The first kappa shape index (κ1) is 63.3. The molecule has 26 heteroatoms. The molecular formula is C68H64Cl2F2N12O9Si. The number of hydrazine groups is 1. The smallest absolute Gasteiger partial charge is 0.339 e. The first-order valence-electron chi connectivity index (χ1n) is 30.9. The molecule has 2 saturated carbocycles. The summed E-state index contributed by atoms with van der Waals surface area (Å²) in [6.07, 6.45) is 10.3. The van der Waals surface area contributed by atoms with Crippen molar-refractivity contribution in [3.05, 3.63) is 194 Å². The standard InChI is InChI=1S/C34H29ClFN7O5.C34H35ClFN5O4Si/c35-24-7-3-4-19(28(24)36)17-38-29(44)25-10-13-39-14-15-40(33(48)43(25)39)27-18-41(32(37)47)26-16-20(8-9-23(26)27)34(11-12-34)42-30(45)21-5-1-2-6-22(21)31(42)46;1-21(42)25-17-40(27-9-8-23(14-24(25)27)34(10-11-34)15-29(43)32-37-12-5-13-38-32)18-30(44)41-20-46(2,3)19-28(41)33(45)39-16-22-6-4-7-26(35)31(22)36/h1-9,16,18,25H,10-15,17H2,(H2,37,47)(H,38,44);4-9,12-14,17,28H,10-11,15-16,18-20H2,1-3H3,(H,39,45)/t25-;28-/m00/s1. The zero-order valence-electron chi connectivity index (χ0n) is 51.5. The van der Waals surface area contributed by atoms with Crippen molar-refractivity contribution in [2.45, 2.75) is 107 Å². The molecule has 8 aromatic rings. The predicted molar refractivity (Wildman–Crippen MR) is 347 cm³/mol. The van der Waals surface area contributed by atoms with E-state index >= 15 is 0 Å². The number of urea groups is 1. The number of ketones is 2. The van der Waals surface area contributed by atoms with Crippen LogP contribution in [-0.2, 0) is 45.0 Å². The molecule has 3 aromatic heterocycles. The fraction of sp³-hybridized carbons (Fsp3) is 0.309. The van der Waals surface area contributed by atoms with Crippen molar-refractivity contribution in [1.29, 1.82) is 0 Å². The van der Waals surface area contributed by atoms with Crippen LogP contribution < -0.4 is 21.3 Å². The Morgan fingerprint density at radius 2 is 1.33 bits per heavy atom. The van der Waals surface area contributed by atoms with Gasteiger partial charge in [-0.15, -0.1) is 0 Å². The van der Waals surface area contributed by atoms with Crippen LogP contribution in [0.3, 0.4) is 0 Å². The van der Waals surface area contributed by atoms with E-state index in [0.717, 1.165) is 29.3 Å². The highest BCUT2D eigenvalue weighted by Crippen LogP contribution is 2.55. The third kappa shape index (κ3) is 11.5. The van der Waals surface area contributed by atoms with E-state index < -0.39 is 55.3 Å². The van der Waals surface area contributed by atoms with Crippen molar-refractivity contribution in [3.8, 4) is 0 Å². The number of halogens is 4. The predicted octanol–water partition coefficient (Wildman–Crippen LogP) is 9.70. The molecule has 0 radical (unpaired) electrons. The van der Waals surface area contributed by atoms with E-state index in [2.05, 4.69) is 33.7 Å². The highest BCUT2D eigenvalue weighted by Gasteiger charge is 2.58. The van der Waals surface area contributed by atoms with Crippen molar-refractivity contribution in [3.63, 3.8) is 0 Å². The van der Waals surface area contributed by atoms with Gasteiger partial charge in [0.25, 0.3) is 11.8 Å². The number of rotatable bonds is 16. The average molecular weight is 1330 g/mol.